The zero-order valence-corrected chi connectivity index (χ0v) is 10.8. The number of hydrogen-bond donors (Lipinski definition) is 0. The summed E-state index contributed by atoms with van der Waals surface area (Å²) < 4.78 is 5.05. The van der Waals surface area contributed by atoms with E-state index in [4.69, 9.17) is 4.74 Å². The molecule has 96 valence electrons. The average molecular weight is 246 g/mol. The van der Waals surface area contributed by atoms with E-state index in [-0.39, 0.29) is 11.6 Å². The summed E-state index contributed by atoms with van der Waals surface area (Å²) in [6.45, 7) is 2.10. The fourth-order valence-corrected chi connectivity index (χ4v) is 2.42. The van der Waals surface area contributed by atoms with Crippen LogP contribution in [0.15, 0.2) is 24.3 Å². The second kappa shape index (κ2) is 5.34. The molecule has 0 heterocycles. The Morgan fingerprint density at radius 2 is 1.94 bits per heavy atom. The van der Waals surface area contributed by atoms with Crippen LogP contribution in [0.25, 0.3) is 0 Å². The van der Waals surface area contributed by atoms with Crippen molar-refractivity contribution in [2.45, 2.75) is 26.2 Å². The third-order valence-corrected chi connectivity index (χ3v) is 3.60. The minimum Gasteiger partial charge on any atom is -0.497 e. The number of rotatable bonds is 3. The standard InChI is InChI=1S/C15H18O3/c1-10-3-8-14(16)13(9-10)15(17)11-4-6-12(18-2)7-5-11/h4-7,10,13H,3,8-9H2,1-2H3. The summed E-state index contributed by atoms with van der Waals surface area (Å²) in [6, 6.07) is 6.97. The van der Waals surface area contributed by atoms with Gasteiger partial charge in [-0.05, 0) is 43.0 Å². The smallest absolute Gasteiger partial charge is 0.173 e. The van der Waals surface area contributed by atoms with Gasteiger partial charge in [-0.1, -0.05) is 6.92 Å². The molecule has 18 heavy (non-hydrogen) atoms. The van der Waals surface area contributed by atoms with Crippen LogP contribution < -0.4 is 4.74 Å². The molecule has 2 rings (SSSR count). The molecule has 2 atom stereocenters. The van der Waals surface area contributed by atoms with Crippen molar-refractivity contribution < 1.29 is 14.3 Å². The highest BCUT2D eigenvalue weighted by molar-refractivity contribution is 6.11. The summed E-state index contributed by atoms with van der Waals surface area (Å²) >= 11 is 0. The van der Waals surface area contributed by atoms with Crippen molar-refractivity contribution in [3.8, 4) is 5.75 Å². The molecule has 0 saturated heterocycles. The number of hydrogen-bond acceptors (Lipinski definition) is 3. The summed E-state index contributed by atoms with van der Waals surface area (Å²) in [5.74, 6) is 0.773. The van der Waals surface area contributed by atoms with Crippen LogP contribution in [0, 0.1) is 11.8 Å². The Balaban J connectivity index is 2.16. The van der Waals surface area contributed by atoms with Crippen LogP contribution in [0.1, 0.15) is 36.5 Å². The van der Waals surface area contributed by atoms with Crippen molar-refractivity contribution in [3.05, 3.63) is 29.8 Å². The maximum Gasteiger partial charge on any atom is 0.173 e. The maximum atomic E-state index is 12.3. The second-order valence-corrected chi connectivity index (χ2v) is 4.99. The molecule has 0 bridgehead atoms. The molecule has 3 heteroatoms. The number of carbonyl (C=O) groups is 2. The lowest BCUT2D eigenvalue weighted by molar-refractivity contribution is -0.123. The Bertz CT molecular complexity index is 447. The Morgan fingerprint density at radius 1 is 1.28 bits per heavy atom. The van der Waals surface area contributed by atoms with Gasteiger partial charge in [0.25, 0.3) is 0 Å². The zero-order valence-electron chi connectivity index (χ0n) is 10.8. The van der Waals surface area contributed by atoms with Gasteiger partial charge >= 0.3 is 0 Å². The molecular formula is C15H18O3. The Labute approximate surface area is 107 Å². The van der Waals surface area contributed by atoms with Gasteiger partial charge in [-0.3, -0.25) is 9.59 Å². The number of carbonyl (C=O) groups excluding carboxylic acids is 2. The van der Waals surface area contributed by atoms with E-state index in [0.29, 0.717) is 24.3 Å². The van der Waals surface area contributed by atoms with Crippen LogP contribution in [0.4, 0.5) is 0 Å². The zero-order chi connectivity index (χ0) is 13.1. The first-order chi connectivity index (χ1) is 8.61. The Morgan fingerprint density at radius 3 is 2.56 bits per heavy atom. The maximum absolute atomic E-state index is 12.3. The van der Waals surface area contributed by atoms with Crippen LogP contribution in [0.5, 0.6) is 5.75 Å². The Kier molecular flexibility index (Phi) is 3.80. The third-order valence-electron chi connectivity index (χ3n) is 3.60. The van der Waals surface area contributed by atoms with E-state index in [1.54, 1.807) is 31.4 Å². The van der Waals surface area contributed by atoms with Gasteiger partial charge in [0, 0.05) is 12.0 Å². The molecule has 1 aliphatic carbocycles. The van der Waals surface area contributed by atoms with Crippen molar-refractivity contribution in [3.63, 3.8) is 0 Å². The highest BCUT2D eigenvalue weighted by Gasteiger charge is 2.32. The predicted molar refractivity (Wildman–Crippen MR) is 68.8 cm³/mol. The molecule has 1 fully saturated rings. The Hall–Kier alpha value is -1.64. The van der Waals surface area contributed by atoms with Gasteiger partial charge < -0.3 is 4.74 Å². The normalized spacial score (nSPS) is 23.8. The van der Waals surface area contributed by atoms with Crippen LogP contribution in [0.3, 0.4) is 0 Å². The van der Waals surface area contributed by atoms with Crippen LogP contribution >= 0.6 is 0 Å². The molecule has 0 N–H and O–H groups in total. The topological polar surface area (TPSA) is 43.4 Å². The largest absolute Gasteiger partial charge is 0.497 e. The van der Waals surface area contributed by atoms with Crippen molar-refractivity contribution in [2.24, 2.45) is 11.8 Å². The molecule has 1 aromatic carbocycles. The number of benzene rings is 1. The SMILES string of the molecule is COc1ccc(C(=O)C2CC(C)CCC2=O)cc1. The molecule has 0 spiro atoms. The predicted octanol–water partition coefficient (Wildman–Crippen LogP) is 2.88. The molecular weight excluding hydrogens is 228 g/mol. The van der Waals surface area contributed by atoms with Gasteiger partial charge in [-0.2, -0.15) is 0 Å². The molecule has 0 amide bonds. The summed E-state index contributed by atoms with van der Waals surface area (Å²) in [5, 5.41) is 0. The van der Waals surface area contributed by atoms with E-state index >= 15 is 0 Å². The van der Waals surface area contributed by atoms with Crippen LogP contribution in [0.2, 0.25) is 0 Å². The average Bonchev–Trinajstić information content (AvgIpc) is 2.41. The van der Waals surface area contributed by atoms with E-state index in [9.17, 15) is 9.59 Å². The lowest BCUT2D eigenvalue weighted by atomic mass is 9.78. The first kappa shape index (κ1) is 12.8. The highest BCUT2D eigenvalue weighted by atomic mass is 16.5. The van der Waals surface area contributed by atoms with Gasteiger partial charge in [0.05, 0.1) is 13.0 Å². The number of ether oxygens (including phenoxy) is 1. The monoisotopic (exact) mass is 246 g/mol. The molecule has 1 aromatic rings. The molecule has 2 unspecified atom stereocenters. The first-order valence-electron chi connectivity index (χ1n) is 6.32. The van der Waals surface area contributed by atoms with Crippen molar-refractivity contribution in [1.82, 2.24) is 0 Å². The molecule has 1 saturated carbocycles. The fourth-order valence-electron chi connectivity index (χ4n) is 2.42. The summed E-state index contributed by atoms with van der Waals surface area (Å²) in [6.07, 6.45) is 2.13. The molecule has 3 nitrogen and oxygen atoms in total. The van der Waals surface area contributed by atoms with E-state index < -0.39 is 5.92 Å². The lowest BCUT2D eigenvalue weighted by Gasteiger charge is -2.24. The van der Waals surface area contributed by atoms with E-state index in [2.05, 4.69) is 6.92 Å². The van der Waals surface area contributed by atoms with E-state index in [0.717, 1.165) is 12.2 Å². The number of methoxy groups -OCH3 is 1. The molecule has 0 aliphatic heterocycles. The van der Waals surface area contributed by atoms with Crippen molar-refractivity contribution >= 4 is 11.6 Å². The van der Waals surface area contributed by atoms with Gasteiger partial charge in [0.1, 0.15) is 11.5 Å². The van der Waals surface area contributed by atoms with E-state index in [1.165, 1.54) is 0 Å². The highest BCUT2D eigenvalue weighted by Crippen LogP contribution is 2.29. The van der Waals surface area contributed by atoms with Gasteiger partial charge in [-0.25, -0.2) is 0 Å². The lowest BCUT2D eigenvalue weighted by Crippen LogP contribution is -2.30. The van der Waals surface area contributed by atoms with Crippen molar-refractivity contribution in [2.75, 3.05) is 7.11 Å². The second-order valence-electron chi connectivity index (χ2n) is 4.99. The van der Waals surface area contributed by atoms with Crippen LogP contribution in [-0.2, 0) is 4.79 Å². The first-order valence-corrected chi connectivity index (χ1v) is 6.32. The minimum absolute atomic E-state index is 0.0470. The minimum atomic E-state index is -0.442. The quantitative estimate of drug-likeness (QED) is 0.608. The number of Topliss-reactive ketones (excluding diaryl/α,β-unsaturated/α-hetero) is 2. The molecule has 0 radical (unpaired) electrons. The fraction of sp³-hybridized carbons (Fsp3) is 0.467. The van der Waals surface area contributed by atoms with E-state index in [1.807, 2.05) is 0 Å². The summed E-state index contributed by atoms with van der Waals surface area (Å²) in [7, 11) is 1.59. The number of ketones is 2. The van der Waals surface area contributed by atoms with Gasteiger partial charge in [0.15, 0.2) is 5.78 Å². The van der Waals surface area contributed by atoms with Crippen LogP contribution in [-0.4, -0.2) is 18.7 Å². The summed E-state index contributed by atoms with van der Waals surface area (Å²) in [5.41, 5.74) is 0.600. The van der Waals surface area contributed by atoms with Crippen molar-refractivity contribution in [1.29, 1.82) is 0 Å². The van der Waals surface area contributed by atoms with Gasteiger partial charge in [0.2, 0.25) is 0 Å². The van der Waals surface area contributed by atoms with Gasteiger partial charge in [-0.15, -0.1) is 0 Å². The summed E-state index contributed by atoms with van der Waals surface area (Å²) in [4.78, 5) is 24.1. The molecule has 0 aromatic heterocycles. The molecule has 1 aliphatic rings. The third kappa shape index (κ3) is 2.61.